The first-order valence-corrected chi connectivity index (χ1v) is 3.39. The van der Waals surface area contributed by atoms with Gasteiger partial charge in [-0.15, -0.1) is 0 Å². The molecular weight excluding hydrogens is 96.1 g/mol. The van der Waals surface area contributed by atoms with Crippen LogP contribution in [0.15, 0.2) is 11.6 Å². The molecule has 1 fully saturated rings. The van der Waals surface area contributed by atoms with Gasteiger partial charge < -0.3 is 0 Å². The summed E-state index contributed by atoms with van der Waals surface area (Å²) in [5, 5.41) is 0. The Morgan fingerprint density at radius 3 is 2.75 bits per heavy atom. The summed E-state index contributed by atoms with van der Waals surface area (Å²) >= 11 is 0. The first-order valence-electron chi connectivity index (χ1n) is 3.39. The second-order valence-electron chi connectivity index (χ2n) is 3.60. The molecule has 0 aromatic carbocycles. The third-order valence-electron chi connectivity index (χ3n) is 2.60. The smallest absolute Gasteiger partial charge is 0.0109 e. The summed E-state index contributed by atoms with van der Waals surface area (Å²) in [5.41, 5.74) is 2.29. The molecule has 0 aromatic heterocycles. The predicted molar refractivity (Wildman–Crippen MR) is 34.6 cm³/mol. The van der Waals surface area contributed by atoms with Gasteiger partial charge in [0.25, 0.3) is 0 Å². The van der Waals surface area contributed by atoms with Crippen molar-refractivity contribution in [3.05, 3.63) is 11.6 Å². The van der Waals surface area contributed by atoms with Gasteiger partial charge in [0.1, 0.15) is 0 Å². The Hall–Kier alpha value is -0.260. The van der Waals surface area contributed by atoms with Crippen molar-refractivity contribution in [2.24, 2.45) is 11.3 Å². The molecule has 8 heavy (non-hydrogen) atoms. The Bertz CT molecular complexity index is 155. The molecule has 0 amide bonds. The zero-order valence-electron chi connectivity index (χ0n) is 5.57. The van der Waals surface area contributed by atoms with E-state index in [-0.39, 0.29) is 0 Å². The van der Waals surface area contributed by atoms with Crippen molar-refractivity contribution in [2.45, 2.75) is 26.7 Å². The highest BCUT2D eigenvalue weighted by atomic mass is 14.6. The van der Waals surface area contributed by atoms with Gasteiger partial charge in [-0.1, -0.05) is 18.6 Å². The average molecular weight is 108 g/mol. The van der Waals surface area contributed by atoms with Crippen LogP contribution in [0.4, 0.5) is 0 Å². The van der Waals surface area contributed by atoms with Crippen molar-refractivity contribution >= 4 is 0 Å². The minimum absolute atomic E-state index is 0.671. The van der Waals surface area contributed by atoms with Crippen molar-refractivity contribution in [1.82, 2.24) is 0 Å². The van der Waals surface area contributed by atoms with Crippen LogP contribution in [0.3, 0.4) is 0 Å². The van der Waals surface area contributed by atoms with Gasteiger partial charge >= 0.3 is 0 Å². The Morgan fingerprint density at radius 1 is 1.75 bits per heavy atom. The van der Waals surface area contributed by atoms with Crippen LogP contribution >= 0.6 is 0 Å². The molecule has 0 N–H and O–H groups in total. The maximum Gasteiger partial charge on any atom is -0.0109 e. The molecule has 2 rings (SSSR count). The maximum atomic E-state index is 2.46. The Labute approximate surface area is 50.6 Å². The molecule has 0 nitrogen and oxygen atoms in total. The molecule has 0 heteroatoms. The molecule has 1 saturated carbocycles. The number of hydrogen-bond donors (Lipinski definition) is 0. The highest BCUT2D eigenvalue weighted by molar-refractivity contribution is 5.26. The van der Waals surface area contributed by atoms with Gasteiger partial charge in [0, 0.05) is 0 Å². The molecular formula is C8H12. The monoisotopic (exact) mass is 108 g/mol. The summed E-state index contributed by atoms with van der Waals surface area (Å²) < 4.78 is 0. The number of rotatable bonds is 0. The van der Waals surface area contributed by atoms with Crippen LogP contribution in [0.5, 0.6) is 0 Å². The lowest BCUT2D eigenvalue weighted by molar-refractivity contribution is 0.671. The van der Waals surface area contributed by atoms with E-state index < -0.39 is 0 Å². The molecule has 0 bridgehead atoms. The number of hydrogen-bond acceptors (Lipinski definition) is 0. The van der Waals surface area contributed by atoms with E-state index >= 15 is 0 Å². The molecule has 0 heterocycles. The van der Waals surface area contributed by atoms with Crippen LogP contribution in [0.2, 0.25) is 0 Å². The summed E-state index contributed by atoms with van der Waals surface area (Å²) in [5.74, 6) is 1.04. The minimum atomic E-state index is 0.671. The van der Waals surface area contributed by atoms with E-state index in [0.717, 1.165) is 5.92 Å². The van der Waals surface area contributed by atoms with Crippen LogP contribution in [-0.4, -0.2) is 0 Å². The standard InChI is InChI=1S/C8H12/c1-6-3-7-5-8(7,2)4-6/h4,7H,3,5H2,1-2H3. The van der Waals surface area contributed by atoms with Gasteiger partial charge in [-0.3, -0.25) is 0 Å². The van der Waals surface area contributed by atoms with E-state index in [0.29, 0.717) is 5.41 Å². The molecule has 0 aromatic rings. The van der Waals surface area contributed by atoms with Crippen molar-refractivity contribution < 1.29 is 0 Å². The highest BCUT2D eigenvalue weighted by Gasteiger charge is 2.51. The third-order valence-corrected chi connectivity index (χ3v) is 2.60. The Morgan fingerprint density at radius 2 is 2.50 bits per heavy atom. The van der Waals surface area contributed by atoms with Gasteiger partial charge in [0.15, 0.2) is 0 Å². The maximum absolute atomic E-state index is 2.46. The molecule has 2 atom stereocenters. The zero-order chi connectivity index (χ0) is 5.78. The van der Waals surface area contributed by atoms with Crippen molar-refractivity contribution in [1.29, 1.82) is 0 Å². The van der Waals surface area contributed by atoms with E-state index in [1.807, 2.05) is 0 Å². The van der Waals surface area contributed by atoms with Crippen molar-refractivity contribution in [2.75, 3.05) is 0 Å². The first-order chi connectivity index (χ1) is 3.71. The van der Waals surface area contributed by atoms with E-state index in [9.17, 15) is 0 Å². The minimum Gasteiger partial charge on any atom is -0.0793 e. The quantitative estimate of drug-likeness (QED) is 0.418. The van der Waals surface area contributed by atoms with E-state index in [2.05, 4.69) is 19.9 Å². The van der Waals surface area contributed by atoms with Crippen molar-refractivity contribution in [3.63, 3.8) is 0 Å². The van der Waals surface area contributed by atoms with Gasteiger partial charge in [0.2, 0.25) is 0 Å². The third kappa shape index (κ3) is 0.410. The van der Waals surface area contributed by atoms with Crippen molar-refractivity contribution in [3.8, 4) is 0 Å². The largest absolute Gasteiger partial charge is 0.0793 e. The van der Waals surface area contributed by atoms with Crippen LogP contribution < -0.4 is 0 Å². The van der Waals surface area contributed by atoms with E-state index in [4.69, 9.17) is 0 Å². The fraction of sp³-hybridized carbons (Fsp3) is 0.750. The SMILES string of the molecule is CC1=CC2(C)CC2C1. The van der Waals surface area contributed by atoms with Gasteiger partial charge in [-0.05, 0) is 31.1 Å². The number of fused-ring (bicyclic) bond motifs is 1. The molecule has 0 saturated heterocycles. The highest BCUT2D eigenvalue weighted by Crippen LogP contribution is 2.61. The summed E-state index contributed by atoms with van der Waals surface area (Å²) in [6, 6.07) is 0. The van der Waals surface area contributed by atoms with Crippen LogP contribution in [0.25, 0.3) is 0 Å². The van der Waals surface area contributed by atoms with Crippen LogP contribution in [-0.2, 0) is 0 Å². The topological polar surface area (TPSA) is 0 Å². The molecule has 0 spiro atoms. The lowest BCUT2D eigenvalue weighted by Crippen LogP contribution is -1.82. The summed E-state index contributed by atoms with van der Waals surface area (Å²) in [6.07, 6.45) is 5.30. The first kappa shape index (κ1) is 4.60. The molecule has 44 valence electrons. The summed E-state index contributed by atoms with van der Waals surface area (Å²) in [6.45, 7) is 4.62. The van der Waals surface area contributed by atoms with Crippen LogP contribution in [0.1, 0.15) is 26.7 Å². The summed E-state index contributed by atoms with van der Waals surface area (Å²) in [4.78, 5) is 0. The van der Waals surface area contributed by atoms with Gasteiger partial charge in [0.05, 0.1) is 0 Å². The normalized spacial score (nSPS) is 50.8. The van der Waals surface area contributed by atoms with E-state index in [1.165, 1.54) is 12.8 Å². The fourth-order valence-corrected chi connectivity index (χ4v) is 1.96. The zero-order valence-corrected chi connectivity index (χ0v) is 5.57. The molecule has 2 aliphatic carbocycles. The predicted octanol–water partition coefficient (Wildman–Crippen LogP) is 2.36. The number of allylic oxidation sites excluding steroid dienone is 2. The molecule has 0 aliphatic heterocycles. The summed E-state index contributed by atoms with van der Waals surface area (Å²) in [7, 11) is 0. The lowest BCUT2D eigenvalue weighted by Gasteiger charge is -1.92. The van der Waals surface area contributed by atoms with E-state index in [1.54, 1.807) is 5.57 Å². The second-order valence-corrected chi connectivity index (χ2v) is 3.60. The molecule has 0 radical (unpaired) electrons. The Kier molecular flexibility index (Phi) is 0.588. The average Bonchev–Trinajstić information content (AvgIpc) is 2.07. The van der Waals surface area contributed by atoms with Crippen LogP contribution in [0, 0.1) is 11.3 Å². The van der Waals surface area contributed by atoms with Gasteiger partial charge in [-0.2, -0.15) is 0 Å². The molecule has 2 unspecified atom stereocenters. The van der Waals surface area contributed by atoms with Gasteiger partial charge in [-0.25, -0.2) is 0 Å². The fourth-order valence-electron chi connectivity index (χ4n) is 1.96. The lowest BCUT2D eigenvalue weighted by atomic mass is 10.1. The Balaban J connectivity index is 2.29. The molecule has 2 aliphatic rings. The second kappa shape index (κ2) is 1.02.